The number of sulfonamides is 1. The Balaban J connectivity index is 1.43. The van der Waals surface area contributed by atoms with E-state index in [0.717, 1.165) is 58.7 Å². The number of alkyl halides is 2. The van der Waals surface area contributed by atoms with Gasteiger partial charge in [-0.2, -0.15) is 13.1 Å². The molecule has 1 N–H and O–H groups in total. The average Bonchev–Trinajstić information content (AvgIpc) is 2.74. The summed E-state index contributed by atoms with van der Waals surface area (Å²) in [6.45, 7) is 2.75. The molecule has 0 atom stereocenters. The molecule has 1 aliphatic heterocycles. The Morgan fingerprint density at radius 1 is 1.00 bits per heavy atom. The van der Waals surface area contributed by atoms with Crippen LogP contribution < -0.4 is 10.2 Å². The van der Waals surface area contributed by atoms with E-state index < -0.39 is 15.8 Å². The molecule has 30 heavy (non-hydrogen) atoms. The van der Waals surface area contributed by atoms with E-state index in [1.165, 1.54) is 5.56 Å². The predicted molar refractivity (Wildman–Crippen MR) is 112 cm³/mol. The third-order valence-electron chi connectivity index (χ3n) is 5.61. The minimum atomic E-state index is -4.51. The molecule has 4 rings (SSSR count). The van der Waals surface area contributed by atoms with Gasteiger partial charge in [0.25, 0.3) is 10.0 Å². The maximum Gasteiger partial charge on any atom is 0.350 e. The molecule has 7 nitrogen and oxygen atoms in total. The quantitative estimate of drug-likeness (QED) is 0.775. The molecule has 2 aromatic rings. The number of hydrogen-bond donors (Lipinski definition) is 1. The third-order valence-corrected chi connectivity index (χ3v) is 7.15. The molecule has 2 aliphatic rings. The summed E-state index contributed by atoms with van der Waals surface area (Å²) in [5, 5.41) is 3.40. The van der Waals surface area contributed by atoms with Gasteiger partial charge in [0.2, 0.25) is 0 Å². The van der Waals surface area contributed by atoms with E-state index in [1.54, 1.807) is 0 Å². The number of piperazine rings is 1. The predicted octanol–water partition coefficient (Wildman–Crippen LogP) is 3.08. The van der Waals surface area contributed by atoms with E-state index in [4.69, 9.17) is 0 Å². The first-order valence-corrected chi connectivity index (χ1v) is 11.6. The van der Waals surface area contributed by atoms with E-state index in [9.17, 15) is 17.2 Å². The van der Waals surface area contributed by atoms with Crippen molar-refractivity contribution in [2.24, 2.45) is 0 Å². The highest BCUT2D eigenvalue weighted by Crippen LogP contribution is 2.29. The van der Waals surface area contributed by atoms with Gasteiger partial charge in [-0.05, 0) is 56.9 Å². The summed E-state index contributed by atoms with van der Waals surface area (Å²) in [5.41, 5.74) is 4.15. The number of benzene rings is 1. The first-order valence-electron chi connectivity index (χ1n) is 10.1. The zero-order valence-electron chi connectivity index (χ0n) is 16.8. The summed E-state index contributed by atoms with van der Waals surface area (Å²) >= 11 is 0. The lowest BCUT2D eigenvalue weighted by molar-refractivity contribution is 0.217. The van der Waals surface area contributed by atoms with Gasteiger partial charge >= 0.3 is 5.76 Å². The maximum absolute atomic E-state index is 12.7. The molecule has 0 bridgehead atoms. The third kappa shape index (κ3) is 4.24. The lowest BCUT2D eigenvalue weighted by atomic mass is 9.96. The van der Waals surface area contributed by atoms with Gasteiger partial charge in [-0.1, -0.05) is 0 Å². The molecule has 0 saturated carbocycles. The molecule has 10 heteroatoms. The van der Waals surface area contributed by atoms with Crippen molar-refractivity contribution in [3.8, 4) is 0 Å². The largest absolute Gasteiger partial charge is 0.369 e. The Morgan fingerprint density at radius 3 is 2.33 bits per heavy atom. The number of anilines is 3. The minimum Gasteiger partial charge on any atom is -0.369 e. The summed E-state index contributed by atoms with van der Waals surface area (Å²) in [6.07, 6.45) is 4.26. The Hall–Kier alpha value is -2.33. The van der Waals surface area contributed by atoms with E-state index in [1.807, 2.05) is 36.1 Å². The number of nitrogens with zero attached hydrogens (tertiary/aromatic N) is 4. The van der Waals surface area contributed by atoms with Gasteiger partial charge in [0.1, 0.15) is 11.6 Å². The maximum atomic E-state index is 12.7. The van der Waals surface area contributed by atoms with Gasteiger partial charge < -0.3 is 10.2 Å². The molecular formula is C20H25F2N5O2S. The Morgan fingerprint density at radius 2 is 1.67 bits per heavy atom. The Kier molecular flexibility index (Phi) is 5.88. The number of nitrogens with one attached hydrogen (secondary N) is 1. The van der Waals surface area contributed by atoms with Crippen LogP contribution in [0, 0.1) is 6.92 Å². The van der Waals surface area contributed by atoms with Crippen LogP contribution in [-0.2, 0) is 22.9 Å². The number of rotatable bonds is 5. The second-order valence-electron chi connectivity index (χ2n) is 7.62. The van der Waals surface area contributed by atoms with Crippen molar-refractivity contribution in [1.29, 1.82) is 0 Å². The molecule has 1 aromatic heterocycles. The van der Waals surface area contributed by atoms with E-state index in [2.05, 4.69) is 15.3 Å². The molecule has 0 radical (unpaired) electrons. The van der Waals surface area contributed by atoms with Crippen molar-refractivity contribution in [3.63, 3.8) is 0 Å². The number of hydrogen-bond acceptors (Lipinski definition) is 6. The van der Waals surface area contributed by atoms with Crippen LogP contribution in [0.5, 0.6) is 0 Å². The first-order chi connectivity index (χ1) is 14.3. The lowest BCUT2D eigenvalue weighted by Gasteiger charge is -2.35. The van der Waals surface area contributed by atoms with E-state index in [-0.39, 0.29) is 13.1 Å². The second kappa shape index (κ2) is 8.43. The topological polar surface area (TPSA) is 78.4 Å². The molecule has 0 amide bonds. The average molecular weight is 438 g/mol. The second-order valence-corrected chi connectivity index (χ2v) is 9.52. The summed E-state index contributed by atoms with van der Waals surface area (Å²) in [6, 6.07) is 7.79. The van der Waals surface area contributed by atoms with Crippen LogP contribution in [0.1, 0.15) is 29.9 Å². The molecule has 0 unspecified atom stereocenters. The summed E-state index contributed by atoms with van der Waals surface area (Å²) in [4.78, 5) is 11.2. The SMILES string of the molecule is Cc1nc2c(c(Nc3ccc(N4CCN(S(=O)(=O)C(F)F)CC4)cc3)n1)CCCC2. The van der Waals surface area contributed by atoms with Crippen molar-refractivity contribution in [3.05, 3.63) is 41.3 Å². The van der Waals surface area contributed by atoms with E-state index >= 15 is 0 Å². The van der Waals surface area contributed by atoms with Crippen molar-refractivity contribution in [2.75, 3.05) is 36.4 Å². The number of aryl methyl sites for hydroxylation is 2. The van der Waals surface area contributed by atoms with Gasteiger partial charge in [0.15, 0.2) is 0 Å². The molecule has 1 fully saturated rings. The van der Waals surface area contributed by atoms with Crippen LogP contribution in [0.2, 0.25) is 0 Å². The van der Waals surface area contributed by atoms with Gasteiger partial charge in [-0.15, -0.1) is 0 Å². The molecule has 1 aromatic carbocycles. The molecule has 162 valence electrons. The zero-order chi connectivity index (χ0) is 21.3. The number of fused-ring (bicyclic) bond motifs is 1. The molecule has 1 aliphatic carbocycles. The minimum absolute atomic E-state index is 0.0546. The van der Waals surface area contributed by atoms with Gasteiger partial charge in [-0.25, -0.2) is 18.4 Å². The fraction of sp³-hybridized carbons (Fsp3) is 0.500. The molecular weight excluding hydrogens is 412 g/mol. The van der Waals surface area contributed by atoms with Crippen LogP contribution in [0.15, 0.2) is 24.3 Å². The lowest BCUT2D eigenvalue weighted by Crippen LogP contribution is -2.50. The van der Waals surface area contributed by atoms with E-state index in [0.29, 0.717) is 13.1 Å². The van der Waals surface area contributed by atoms with Gasteiger partial charge in [0, 0.05) is 48.8 Å². The summed E-state index contributed by atoms with van der Waals surface area (Å²) < 4.78 is 49.5. The normalized spacial score (nSPS) is 17.8. The zero-order valence-corrected chi connectivity index (χ0v) is 17.6. The summed E-state index contributed by atoms with van der Waals surface area (Å²) in [7, 11) is -4.51. The highest BCUT2D eigenvalue weighted by molar-refractivity contribution is 7.89. The molecule has 0 spiro atoms. The first kappa shape index (κ1) is 20.9. The Bertz CT molecular complexity index is 1010. The van der Waals surface area contributed by atoms with Crippen molar-refractivity contribution in [2.45, 2.75) is 38.4 Å². The Labute approximate surface area is 175 Å². The van der Waals surface area contributed by atoms with Crippen LogP contribution in [0.4, 0.5) is 26.0 Å². The van der Waals surface area contributed by atoms with Crippen molar-refractivity contribution < 1.29 is 17.2 Å². The van der Waals surface area contributed by atoms with Crippen LogP contribution in [0.3, 0.4) is 0 Å². The van der Waals surface area contributed by atoms with Gasteiger partial charge in [-0.3, -0.25) is 0 Å². The molecule has 1 saturated heterocycles. The number of halogens is 2. The fourth-order valence-corrected chi connectivity index (χ4v) is 4.92. The highest BCUT2D eigenvalue weighted by Gasteiger charge is 2.34. The standard InChI is InChI=1S/C20H25F2N5O2S/c1-14-23-18-5-3-2-4-17(18)19(24-14)25-15-6-8-16(9-7-15)26-10-12-27(13-11-26)30(28,29)20(21)22/h6-9,20H,2-5,10-13H2,1H3,(H,23,24,25). The van der Waals surface area contributed by atoms with Crippen LogP contribution in [-0.4, -0.2) is 54.6 Å². The van der Waals surface area contributed by atoms with Crippen molar-refractivity contribution in [1.82, 2.24) is 14.3 Å². The van der Waals surface area contributed by atoms with Crippen LogP contribution in [0.25, 0.3) is 0 Å². The van der Waals surface area contributed by atoms with Gasteiger partial charge in [0.05, 0.1) is 0 Å². The monoisotopic (exact) mass is 437 g/mol. The number of aromatic nitrogens is 2. The highest BCUT2D eigenvalue weighted by atomic mass is 32.2. The van der Waals surface area contributed by atoms with Crippen LogP contribution >= 0.6 is 0 Å². The van der Waals surface area contributed by atoms with Crippen molar-refractivity contribution >= 4 is 27.2 Å². The smallest absolute Gasteiger partial charge is 0.350 e. The fourth-order valence-electron chi connectivity index (χ4n) is 4.03. The summed E-state index contributed by atoms with van der Waals surface area (Å²) in [5.74, 6) is -1.76. The molecule has 2 heterocycles.